The molecule has 2 rings (SSSR count). The number of amides is 1. The van der Waals surface area contributed by atoms with E-state index in [-0.39, 0.29) is 11.9 Å². The Kier molecular flexibility index (Phi) is 3.43. The predicted molar refractivity (Wildman–Crippen MR) is 68.0 cm³/mol. The first-order valence-electron chi connectivity index (χ1n) is 5.27. The van der Waals surface area contributed by atoms with Crippen LogP contribution in [0.15, 0.2) is 23.0 Å². The average molecular weight is 250 g/mol. The molecule has 0 aromatic carbocycles. The van der Waals surface area contributed by atoms with Crippen molar-refractivity contribution in [1.82, 2.24) is 15.5 Å². The van der Waals surface area contributed by atoms with Crippen molar-refractivity contribution in [2.24, 2.45) is 0 Å². The number of nitrogens with one attached hydrogen (secondary N) is 2. The zero-order valence-electron chi connectivity index (χ0n) is 9.43. The van der Waals surface area contributed by atoms with Crippen LogP contribution in [0.3, 0.4) is 0 Å². The predicted octanol–water partition coefficient (Wildman–Crippen LogP) is 1.41. The second-order valence-corrected chi connectivity index (χ2v) is 4.69. The molecule has 1 unspecified atom stereocenters. The van der Waals surface area contributed by atoms with Gasteiger partial charge in [-0.05, 0) is 35.7 Å². The van der Waals surface area contributed by atoms with Crippen molar-refractivity contribution in [3.8, 4) is 0 Å². The van der Waals surface area contributed by atoms with Gasteiger partial charge in [0.25, 0.3) is 5.91 Å². The summed E-state index contributed by atoms with van der Waals surface area (Å²) >= 11 is 1.65. The molecule has 0 bridgehead atoms. The summed E-state index contributed by atoms with van der Waals surface area (Å²) in [5, 5.41) is 13.2. The summed E-state index contributed by atoms with van der Waals surface area (Å²) in [6, 6.07) is 2.12. The molecule has 0 fully saturated rings. The Labute approximate surface area is 103 Å². The van der Waals surface area contributed by atoms with Gasteiger partial charge in [-0.25, -0.2) is 0 Å². The van der Waals surface area contributed by atoms with E-state index in [4.69, 9.17) is 5.73 Å². The van der Waals surface area contributed by atoms with Crippen LogP contribution in [-0.2, 0) is 6.42 Å². The van der Waals surface area contributed by atoms with Gasteiger partial charge in [0.1, 0.15) is 11.4 Å². The van der Waals surface area contributed by atoms with E-state index in [1.165, 1.54) is 11.8 Å². The van der Waals surface area contributed by atoms with E-state index in [2.05, 4.69) is 27.0 Å². The zero-order valence-corrected chi connectivity index (χ0v) is 10.3. The highest BCUT2D eigenvalue weighted by molar-refractivity contribution is 7.07. The van der Waals surface area contributed by atoms with Crippen molar-refractivity contribution in [3.05, 3.63) is 34.2 Å². The van der Waals surface area contributed by atoms with Gasteiger partial charge in [0.05, 0.1) is 6.20 Å². The van der Waals surface area contributed by atoms with Crippen LogP contribution in [-0.4, -0.2) is 22.1 Å². The minimum Gasteiger partial charge on any atom is -0.383 e. The normalized spacial score (nSPS) is 12.3. The van der Waals surface area contributed by atoms with Crippen LogP contribution in [0.1, 0.15) is 22.8 Å². The van der Waals surface area contributed by atoms with E-state index in [9.17, 15) is 4.79 Å². The molecule has 90 valence electrons. The van der Waals surface area contributed by atoms with Gasteiger partial charge in [-0.2, -0.15) is 16.4 Å². The number of nitrogens with zero attached hydrogens (tertiary/aromatic N) is 1. The summed E-state index contributed by atoms with van der Waals surface area (Å²) in [6.07, 6.45) is 2.25. The van der Waals surface area contributed by atoms with Gasteiger partial charge < -0.3 is 11.1 Å². The first kappa shape index (κ1) is 11.7. The van der Waals surface area contributed by atoms with E-state index in [0.717, 1.165) is 6.42 Å². The van der Waals surface area contributed by atoms with E-state index in [1.807, 2.05) is 12.3 Å². The zero-order chi connectivity index (χ0) is 12.3. The molecule has 4 N–H and O–H groups in total. The Morgan fingerprint density at radius 1 is 1.71 bits per heavy atom. The Morgan fingerprint density at radius 2 is 2.53 bits per heavy atom. The number of H-pyrrole nitrogens is 1. The molecule has 6 heteroatoms. The summed E-state index contributed by atoms with van der Waals surface area (Å²) in [7, 11) is 0. The molecule has 2 aromatic rings. The molecule has 0 saturated carbocycles. The lowest BCUT2D eigenvalue weighted by atomic mass is 10.1. The van der Waals surface area contributed by atoms with Gasteiger partial charge in [-0.1, -0.05) is 0 Å². The van der Waals surface area contributed by atoms with Crippen molar-refractivity contribution in [3.63, 3.8) is 0 Å². The highest BCUT2D eigenvalue weighted by Gasteiger charge is 2.14. The fourth-order valence-corrected chi connectivity index (χ4v) is 2.27. The SMILES string of the molecule is CC(Cc1ccsc1)NC(=O)c1cn[nH]c1N. The summed E-state index contributed by atoms with van der Waals surface area (Å²) in [4.78, 5) is 11.8. The number of hydrogen-bond acceptors (Lipinski definition) is 4. The lowest BCUT2D eigenvalue weighted by Gasteiger charge is -2.12. The molecule has 0 aliphatic carbocycles. The molecule has 0 aliphatic rings. The third-order valence-electron chi connectivity index (χ3n) is 2.41. The Morgan fingerprint density at radius 3 is 3.12 bits per heavy atom. The number of carbonyl (C=O) groups excluding carboxylic acids is 1. The molecule has 1 amide bonds. The molecule has 17 heavy (non-hydrogen) atoms. The molecular formula is C11H14N4OS. The summed E-state index contributed by atoms with van der Waals surface area (Å²) in [5.74, 6) is 0.101. The first-order valence-corrected chi connectivity index (χ1v) is 6.22. The fraction of sp³-hybridized carbons (Fsp3) is 0.273. The Bertz CT molecular complexity index is 491. The van der Waals surface area contributed by atoms with Crippen molar-refractivity contribution in [2.45, 2.75) is 19.4 Å². The van der Waals surface area contributed by atoms with Gasteiger partial charge in [-0.3, -0.25) is 9.89 Å². The summed E-state index contributed by atoms with van der Waals surface area (Å²) < 4.78 is 0. The van der Waals surface area contributed by atoms with E-state index >= 15 is 0 Å². The maximum Gasteiger partial charge on any atom is 0.256 e. The molecule has 1 atom stereocenters. The lowest BCUT2D eigenvalue weighted by Crippen LogP contribution is -2.34. The van der Waals surface area contributed by atoms with Crippen LogP contribution in [0, 0.1) is 0 Å². The lowest BCUT2D eigenvalue weighted by molar-refractivity contribution is 0.0941. The van der Waals surface area contributed by atoms with Crippen LogP contribution in [0.5, 0.6) is 0 Å². The number of carbonyl (C=O) groups is 1. The number of anilines is 1. The Balaban J connectivity index is 1.93. The summed E-state index contributed by atoms with van der Waals surface area (Å²) in [6.45, 7) is 1.96. The highest BCUT2D eigenvalue weighted by Crippen LogP contribution is 2.10. The largest absolute Gasteiger partial charge is 0.383 e. The maximum atomic E-state index is 11.8. The van der Waals surface area contributed by atoms with Gasteiger partial charge in [0.15, 0.2) is 0 Å². The van der Waals surface area contributed by atoms with Crippen LogP contribution < -0.4 is 11.1 Å². The smallest absolute Gasteiger partial charge is 0.256 e. The van der Waals surface area contributed by atoms with Crippen molar-refractivity contribution < 1.29 is 4.79 Å². The maximum absolute atomic E-state index is 11.8. The quantitative estimate of drug-likeness (QED) is 0.767. The van der Waals surface area contributed by atoms with Crippen LogP contribution in [0.4, 0.5) is 5.82 Å². The van der Waals surface area contributed by atoms with E-state index in [0.29, 0.717) is 11.4 Å². The minimum absolute atomic E-state index is 0.0615. The van der Waals surface area contributed by atoms with Gasteiger partial charge in [0.2, 0.25) is 0 Å². The third-order valence-corrected chi connectivity index (χ3v) is 3.14. The van der Waals surface area contributed by atoms with Crippen molar-refractivity contribution >= 4 is 23.1 Å². The number of aromatic amines is 1. The number of nitrogen functional groups attached to an aromatic ring is 1. The Hall–Kier alpha value is -1.82. The van der Waals surface area contributed by atoms with Crippen LogP contribution >= 0.6 is 11.3 Å². The standard InChI is InChI=1S/C11H14N4OS/c1-7(4-8-2-3-17-6-8)14-11(16)9-5-13-15-10(9)12/h2-3,5-7H,4H2,1H3,(H,14,16)(H3,12,13,15). The monoisotopic (exact) mass is 250 g/mol. The second-order valence-electron chi connectivity index (χ2n) is 3.91. The van der Waals surface area contributed by atoms with Crippen molar-refractivity contribution in [2.75, 3.05) is 5.73 Å². The van der Waals surface area contributed by atoms with Crippen LogP contribution in [0.25, 0.3) is 0 Å². The van der Waals surface area contributed by atoms with Crippen molar-refractivity contribution in [1.29, 1.82) is 0 Å². The third kappa shape index (κ3) is 2.85. The summed E-state index contributed by atoms with van der Waals surface area (Å²) in [5.41, 5.74) is 7.19. The molecule has 0 saturated heterocycles. The molecule has 0 spiro atoms. The fourth-order valence-electron chi connectivity index (χ4n) is 1.59. The van der Waals surface area contributed by atoms with E-state index in [1.54, 1.807) is 11.3 Å². The average Bonchev–Trinajstić information content (AvgIpc) is 2.88. The number of aromatic nitrogens is 2. The molecule has 0 aliphatic heterocycles. The van der Waals surface area contributed by atoms with Gasteiger partial charge >= 0.3 is 0 Å². The van der Waals surface area contributed by atoms with E-state index < -0.39 is 0 Å². The second kappa shape index (κ2) is 5.01. The minimum atomic E-state index is -0.195. The molecule has 5 nitrogen and oxygen atoms in total. The molecule has 0 radical (unpaired) electrons. The molecule has 2 aromatic heterocycles. The molecule has 2 heterocycles. The number of rotatable bonds is 4. The molecular weight excluding hydrogens is 236 g/mol. The van der Waals surface area contributed by atoms with Crippen LogP contribution in [0.2, 0.25) is 0 Å². The number of hydrogen-bond donors (Lipinski definition) is 3. The highest BCUT2D eigenvalue weighted by atomic mass is 32.1. The number of thiophene rings is 1. The first-order chi connectivity index (χ1) is 8.16. The topological polar surface area (TPSA) is 83.8 Å². The number of nitrogens with two attached hydrogens (primary N) is 1. The van der Waals surface area contributed by atoms with Gasteiger partial charge in [0, 0.05) is 6.04 Å². The van der Waals surface area contributed by atoms with Gasteiger partial charge in [-0.15, -0.1) is 0 Å².